The summed E-state index contributed by atoms with van der Waals surface area (Å²) in [4.78, 5) is 0. The van der Waals surface area contributed by atoms with Crippen LogP contribution in [0.2, 0.25) is 0 Å². The normalized spacial score (nSPS) is 11.0. The molecule has 0 saturated carbocycles. The van der Waals surface area contributed by atoms with Gasteiger partial charge in [-0.2, -0.15) is 0 Å². The average Bonchev–Trinajstić information content (AvgIpc) is 2.56. The van der Waals surface area contributed by atoms with E-state index >= 15 is 0 Å². The Bertz CT molecular complexity index is 476. The van der Waals surface area contributed by atoms with E-state index in [2.05, 4.69) is 12.2 Å². The van der Waals surface area contributed by atoms with Crippen molar-refractivity contribution in [3.05, 3.63) is 71.8 Å². The topological polar surface area (TPSA) is 32.3 Å². The quantitative estimate of drug-likeness (QED) is 0.717. The molecular weight excluding hydrogens is 294 g/mol. The van der Waals surface area contributed by atoms with E-state index in [1.165, 1.54) is 0 Å². The molecule has 0 aliphatic heterocycles. The highest BCUT2D eigenvalue weighted by Gasteiger charge is 2.30. The van der Waals surface area contributed by atoms with E-state index in [0.717, 1.165) is 43.5 Å². The number of halogens is 1. The predicted molar refractivity (Wildman–Crippen MR) is 95.5 cm³/mol. The molecule has 0 amide bonds. The molecule has 2 aromatic carbocycles. The molecule has 0 saturated heterocycles. The molecular formula is C19H26ClNO. The molecule has 2 aromatic rings. The summed E-state index contributed by atoms with van der Waals surface area (Å²) in [6.07, 6.45) is 2.82. The third-order valence-electron chi connectivity index (χ3n) is 3.89. The van der Waals surface area contributed by atoms with Crippen LogP contribution in [-0.4, -0.2) is 18.2 Å². The predicted octanol–water partition coefficient (Wildman–Crippen LogP) is 4.12. The Hall–Kier alpha value is -1.35. The van der Waals surface area contributed by atoms with Gasteiger partial charge in [0.05, 0.1) is 0 Å². The lowest BCUT2D eigenvalue weighted by Gasteiger charge is -2.29. The molecule has 0 atom stereocenters. The van der Waals surface area contributed by atoms with Crippen LogP contribution in [0.5, 0.6) is 0 Å². The first kappa shape index (κ1) is 18.7. The summed E-state index contributed by atoms with van der Waals surface area (Å²) in [5, 5.41) is 14.6. The van der Waals surface area contributed by atoms with Gasteiger partial charge in [-0.15, -0.1) is 12.4 Å². The molecule has 0 aliphatic rings. The summed E-state index contributed by atoms with van der Waals surface area (Å²) < 4.78 is 0. The van der Waals surface area contributed by atoms with E-state index in [9.17, 15) is 5.11 Å². The van der Waals surface area contributed by atoms with Crippen molar-refractivity contribution >= 4 is 12.4 Å². The number of hydrogen-bond acceptors (Lipinski definition) is 2. The van der Waals surface area contributed by atoms with Gasteiger partial charge in [-0.1, -0.05) is 67.6 Å². The summed E-state index contributed by atoms with van der Waals surface area (Å²) >= 11 is 0. The van der Waals surface area contributed by atoms with Crippen molar-refractivity contribution in [2.24, 2.45) is 0 Å². The van der Waals surface area contributed by atoms with Crippen molar-refractivity contribution < 1.29 is 5.11 Å². The second-order valence-corrected chi connectivity index (χ2v) is 5.40. The molecule has 0 heterocycles. The highest BCUT2D eigenvalue weighted by atomic mass is 35.5. The van der Waals surface area contributed by atoms with Crippen LogP contribution in [0.25, 0.3) is 0 Å². The lowest BCUT2D eigenvalue weighted by atomic mass is 9.82. The second-order valence-electron chi connectivity index (χ2n) is 5.40. The fourth-order valence-corrected chi connectivity index (χ4v) is 2.69. The first-order valence-corrected chi connectivity index (χ1v) is 7.81. The van der Waals surface area contributed by atoms with Crippen molar-refractivity contribution in [3.8, 4) is 0 Å². The second kappa shape index (κ2) is 9.62. The monoisotopic (exact) mass is 319 g/mol. The molecule has 0 aliphatic carbocycles. The van der Waals surface area contributed by atoms with E-state index < -0.39 is 5.60 Å². The van der Waals surface area contributed by atoms with Crippen LogP contribution in [-0.2, 0) is 5.60 Å². The lowest BCUT2D eigenvalue weighted by molar-refractivity contribution is 0.0681. The molecule has 0 fully saturated rings. The van der Waals surface area contributed by atoms with Crippen LogP contribution in [0.1, 0.15) is 37.3 Å². The number of aliphatic hydroxyl groups is 1. The van der Waals surface area contributed by atoms with Gasteiger partial charge in [0.25, 0.3) is 0 Å². The Labute approximate surface area is 140 Å². The van der Waals surface area contributed by atoms with Crippen molar-refractivity contribution in [2.75, 3.05) is 13.1 Å². The van der Waals surface area contributed by atoms with Crippen LogP contribution in [0.4, 0.5) is 0 Å². The van der Waals surface area contributed by atoms with E-state index in [1.54, 1.807) is 0 Å². The van der Waals surface area contributed by atoms with Crippen LogP contribution < -0.4 is 5.32 Å². The van der Waals surface area contributed by atoms with Crippen molar-refractivity contribution in [1.82, 2.24) is 5.32 Å². The van der Waals surface area contributed by atoms with Crippen LogP contribution in [0, 0.1) is 0 Å². The number of rotatable bonds is 8. The Morgan fingerprint density at radius 3 is 1.82 bits per heavy atom. The van der Waals surface area contributed by atoms with Gasteiger partial charge >= 0.3 is 0 Å². The summed E-state index contributed by atoms with van der Waals surface area (Å²) in [5.41, 5.74) is 1.05. The van der Waals surface area contributed by atoms with Crippen LogP contribution in [0.3, 0.4) is 0 Å². The minimum Gasteiger partial charge on any atom is -0.380 e. The van der Waals surface area contributed by atoms with Gasteiger partial charge in [0.15, 0.2) is 0 Å². The van der Waals surface area contributed by atoms with Crippen molar-refractivity contribution in [3.63, 3.8) is 0 Å². The number of benzene rings is 2. The molecule has 0 bridgehead atoms. The van der Waals surface area contributed by atoms with Gasteiger partial charge in [0.2, 0.25) is 0 Å². The zero-order chi connectivity index (χ0) is 15.0. The van der Waals surface area contributed by atoms with Gasteiger partial charge in [-0.25, -0.2) is 0 Å². The Balaban J connectivity index is 0.00000242. The first-order chi connectivity index (χ1) is 10.3. The van der Waals surface area contributed by atoms with E-state index in [0.29, 0.717) is 0 Å². The smallest absolute Gasteiger partial charge is 0.115 e. The van der Waals surface area contributed by atoms with Crippen LogP contribution in [0.15, 0.2) is 60.7 Å². The molecule has 0 radical (unpaired) electrons. The van der Waals surface area contributed by atoms with Gasteiger partial charge < -0.3 is 10.4 Å². The maximum Gasteiger partial charge on any atom is 0.115 e. The highest BCUT2D eigenvalue weighted by Crippen LogP contribution is 2.34. The first-order valence-electron chi connectivity index (χ1n) is 7.81. The molecule has 0 unspecified atom stereocenters. The molecule has 0 spiro atoms. The van der Waals surface area contributed by atoms with E-state index in [4.69, 9.17) is 0 Å². The number of nitrogens with one attached hydrogen (secondary N) is 1. The van der Waals surface area contributed by atoms with E-state index in [1.807, 2.05) is 60.7 Å². The Kier molecular flexibility index (Phi) is 8.18. The van der Waals surface area contributed by atoms with Crippen LogP contribution >= 0.6 is 12.4 Å². The van der Waals surface area contributed by atoms with Crippen molar-refractivity contribution in [1.29, 1.82) is 0 Å². The Morgan fingerprint density at radius 2 is 1.36 bits per heavy atom. The fourth-order valence-electron chi connectivity index (χ4n) is 2.69. The molecule has 2 N–H and O–H groups in total. The molecule has 120 valence electrons. The molecule has 2 nitrogen and oxygen atoms in total. The zero-order valence-electron chi connectivity index (χ0n) is 13.2. The maximum absolute atomic E-state index is 11.3. The molecule has 2 rings (SSSR count). The maximum atomic E-state index is 11.3. The van der Waals surface area contributed by atoms with Crippen molar-refractivity contribution in [2.45, 2.75) is 31.8 Å². The summed E-state index contributed by atoms with van der Waals surface area (Å²) in [6.45, 7) is 4.13. The lowest BCUT2D eigenvalue weighted by Crippen LogP contribution is -2.27. The summed E-state index contributed by atoms with van der Waals surface area (Å²) in [6, 6.07) is 20.0. The minimum atomic E-state index is -0.894. The fraction of sp³-hybridized carbons (Fsp3) is 0.368. The third-order valence-corrected chi connectivity index (χ3v) is 3.89. The average molecular weight is 320 g/mol. The SMILES string of the molecule is CCNCCCCC(O)(c1ccccc1)c1ccccc1.Cl. The highest BCUT2D eigenvalue weighted by molar-refractivity contribution is 5.85. The van der Waals surface area contributed by atoms with E-state index in [-0.39, 0.29) is 12.4 Å². The summed E-state index contributed by atoms with van der Waals surface area (Å²) in [5.74, 6) is 0. The van der Waals surface area contributed by atoms with Gasteiger partial charge in [-0.05, 0) is 43.5 Å². The standard InChI is InChI=1S/C19H25NO.ClH/c1-2-20-16-10-9-15-19(21,17-11-5-3-6-12-17)18-13-7-4-8-14-18;/h3-8,11-14,20-21H,2,9-10,15-16H2,1H3;1H. The molecule has 3 heteroatoms. The largest absolute Gasteiger partial charge is 0.380 e. The van der Waals surface area contributed by atoms with Gasteiger partial charge in [-0.3, -0.25) is 0 Å². The number of hydrogen-bond donors (Lipinski definition) is 2. The van der Waals surface area contributed by atoms with Gasteiger partial charge in [0.1, 0.15) is 5.60 Å². The summed E-state index contributed by atoms with van der Waals surface area (Å²) in [7, 11) is 0. The van der Waals surface area contributed by atoms with Gasteiger partial charge in [0, 0.05) is 0 Å². The zero-order valence-corrected chi connectivity index (χ0v) is 14.0. The molecule has 0 aromatic heterocycles. The molecule has 22 heavy (non-hydrogen) atoms. The Morgan fingerprint density at radius 1 is 0.864 bits per heavy atom. The minimum absolute atomic E-state index is 0. The number of unbranched alkanes of at least 4 members (excludes halogenated alkanes) is 1. The third kappa shape index (κ3) is 4.84.